The van der Waals surface area contributed by atoms with Gasteiger partial charge in [-0.15, -0.1) is 0 Å². The molecule has 1 atom stereocenters. The van der Waals surface area contributed by atoms with Crippen molar-refractivity contribution >= 4 is 17.8 Å². The number of alkyl halides is 3. The van der Waals surface area contributed by atoms with Crippen molar-refractivity contribution in [3.8, 4) is 11.5 Å². The molecule has 1 unspecified atom stereocenters. The van der Waals surface area contributed by atoms with Gasteiger partial charge in [-0.2, -0.15) is 13.2 Å². The molecular formula is C18H23F3N2O6. The van der Waals surface area contributed by atoms with Gasteiger partial charge in [0.25, 0.3) is 11.8 Å². The van der Waals surface area contributed by atoms with E-state index in [1.54, 1.807) is 25.2 Å². The Kier molecular flexibility index (Phi) is 8.74. The SMILES string of the molecule is COc1cc(OC)cc(C(=O)NC(C(=O)OCC(=O)NCC(F)(F)F)C(C)C)c1. The van der Waals surface area contributed by atoms with Crippen LogP contribution in [0.3, 0.4) is 0 Å². The van der Waals surface area contributed by atoms with E-state index in [1.807, 2.05) is 0 Å². The van der Waals surface area contributed by atoms with Gasteiger partial charge in [-0.05, 0) is 18.1 Å². The molecule has 2 amide bonds. The maximum absolute atomic E-state index is 12.5. The molecule has 1 aromatic carbocycles. The summed E-state index contributed by atoms with van der Waals surface area (Å²) in [5.74, 6) is -2.39. The van der Waals surface area contributed by atoms with E-state index in [1.165, 1.54) is 26.4 Å². The van der Waals surface area contributed by atoms with Gasteiger partial charge in [-0.3, -0.25) is 9.59 Å². The number of rotatable bonds is 9. The minimum atomic E-state index is -4.58. The second-order valence-electron chi connectivity index (χ2n) is 6.30. The number of hydrogen-bond acceptors (Lipinski definition) is 6. The van der Waals surface area contributed by atoms with Crippen molar-refractivity contribution in [2.45, 2.75) is 26.1 Å². The quantitative estimate of drug-likeness (QED) is 0.590. The molecule has 0 fully saturated rings. The van der Waals surface area contributed by atoms with Crippen molar-refractivity contribution in [2.24, 2.45) is 5.92 Å². The minimum Gasteiger partial charge on any atom is -0.497 e. The van der Waals surface area contributed by atoms with Crippen molar-refractivity contribution in [1.82, 2.24) is 10.6 Å². The Morgan fingerprint density at radius 2 is 1.59 bits per heavy atom. The van der Waals surface area contributed by atoms with Gasteiger partial charge in [-0.1, -0.05) is 13.8 Å². The molecular weight excluding hydrogens is 397 g/mol. The molecule has 0 saturated heterocycles. The predicted octanol–water partition coefficient (Wildman–Crippen LogP) is 1.68. The number of esters is 1. The van der Waals surface area contributed by atoms with E-state index in [-0.39, 0.29) is 5.56 Å². The molecule has 29 heavy (non-hydrogen) atoms. The molecule has 2 N–H and O–H groups in total. The molecule has 11 heteroatoms. The largest absolute Gasteiger partial charge is 0.497 e. The van der Waals surface area contributed by atoms with Crippen LogP contribution < -0.4 is 20.1 Å². The summed E-state index contributed by atoms with van der Waals surface area (Å²) in [4.78, 5) is 36.1. The molecule has 0 aliphatic carbocycles. The Morgan fingerprint density at radius 3 is 2.03 bits per heavy atom. The van der Waals surface area contributed by atoms with Gasteiger partial charge < -0.3 is 24.8 Å². The van der Waals surface area contributed by atoms with E-state index >= 15 is 0 Å². The summed E-state index contributed by atoms with van der Waals surface area (Å²) in [6.45, 7) is 0.816. The molecule has 0 heterocycles. The minimum absolute atomic E-state index is 0.155. The van der Waals surface area contributed by atoms with Gasteiger partial charge in [0.1, 0.15) is 24.1 Å². The van der Waals surface area contributed by atoms with Crippen LogP contribution in [0.4, 0.5) is 13.2 Å². The van der Waals surface area contributed by atoms with Crippen LogP contribution in [0.25, 0.3) is 0 Å². The summed E-state index contributed by atoms with van der Waals surface area (Å²) in [7, 11) is 2.82. The molecule has 0 saturated carbocycles. The summed E-state index contributed by atoms with van der Waals surface area (Å²) in [5.41, 5.74) is 0.155. The summed E-state index contributed by atoms with van der Waals surface area (Å²) < 4.78 is 51.1. The van der Waals surface area contributed by atoms with E-state index in [2.05, 4.69) is 5.32 Å². The summed E-state index contributed by atoms with van der Waals surface area (Å²) in [6.07, 6.45) is -4.58. The number of hydrogen-bond donors (Lipinski definition) is 2. The number of carbonyl (C=O) groups excluding carboxylic acids is 3. The zero-order chi connectivity index (χ0) is 22.2. The Morgan fingerprint density at radius 1 is 1.03 bits per heavy atom. The van der Waals surface area contributed by atoms with Gasteiger partial charge in [0.2, 0.25) is 0 Å². The fraction of sp³-hybridized carbons (Fsp3) is 0.500. The lowest BCUT2D eigenvalue weighted by atomic mass is 10.0. The van der Waals surface area contributed by atoms with Gasteiger partial charge >= 0.3 is 12.1 Å². The van der Waals surface area contributed by atoms with Gasteiger partial charge in [0, 0.05) is 11.6 Å². The third kappa shape index (κ3) is 8.28. The standard InChI is InChI=1S/C18H23F3N2O6/c1-10(2)15(17(26)29-8-14(24)22-9-18(19,20)21)23-16(25)11-5-12(27-3)7-13(6-11)28-4/h5-7,10,15H,8-9H2,1-4H3,(H,22,24)(H,23,25). The topological polar surface area (TPSA) is 103 Å². The van der Waals surface area contributed by atoms with Crippen LogP contribution in [-0.4, -0.2) is 57.4 Å². The third-order valence-electron chi connectivity index (χ3n) is 3.65. The Labute approximate surface area is 165 Å². The number of ether oxygens (including phenoxy) is 3. The van der Waals surface area contributed by atoms with Crippen LogP contribution in [0.5, 0.6) is 11.5 Å². The first-order valence-electron chi connectivity index (χ1n) is 8.50. The molecule has 0 radical (unpaired) electrons. The monoisotopic (exact) mass is 420 g/mol. The van der Waals surface area contributed by atoms with Crippen LogP contribution in [0, 0.1) is 5.92 Å². The van der Waals surface area contributed by atoms with Crippen molar-refractivity contribution in [2.75, 3.05) is 27.4 Å². The van der Waals surface area contributed by atoms with Crippen LogP contribution >= 0.6 is 0 Å². The Balaban J connectivity index is 2.76. The zero-order valence-corrected chi connectivity index (χ0v) is 16.4. The molecule has 8 nitrogen and oxygen atoms in total. The highest BCUT2D eigenvalue weighted by atomic mass is 19.4. The number of carbonyl (C=O) groups is 3. The van der Waals surface area contributed by atoms with Crippen molar-refractivity contribution in [1.29, 1.82) is 0 Å². The predicted molar refractivity (Wildman–Crippen MR) is 95.7 cm³/mol. The molecule has 0 aromatic heterocycles. The lowest BCUT2D eigenvalue weighted by molar-refractivity contribution is -0.153. The molecule has 0 aliphatic heterocycles. The first-order chi connectivity index (χ1) is 13.5. The van der Waals surface area contributed by atoms with E-state index in [0.717, 1.165) is 0 Å². The van der Waals surface area contributed by atoms with Gasteiger partial charge in [0.15, 0.2) is 6.61 Å². The Bertz CT molecular complexity index is 715. The molecule has 1 aromatic rings. The van der Waals surface area contributed by atoms with Gasteiger partial charge in [-0.25, -0.2) is 4.79 Å². The highest BCUT2D eigenvalue weighted by Gasteiger charge is 2.29. The van der Waals surface area contributed by atoms with Gasteiger partial charge in [0.05, 0.1) is 14.2 Å². The van der Waals surface area contributed by atoms with E-state index in [0.29, 0.717) is 11.5 Å². The first kappa shape index (κ1) is 24.1. The number of benzene rings is 1. The maximum atomic E-state index is 12.5. The van der Waals surface area contributed by atoms with Crippen molar-refractivity contribution < 1.29 is 41.8 Å². The highest BCUT2D eigenvalue weighted by Crippen LogP contribution is 2.22. The molecule has 0 aliphatic rings. The second-order valence-corrected chi connectivity index (χ2v) is 6.30. The number of nitrogens with one attached hydrogen (secondary N) is 2. The van der Waals surface area contributed by atoms with Crippen LogP contribution in [-0.2, 0) is 14.3 Å². The summed E-state index contributed by atoms with van der Waals surface area (Å²) in [6, 6.07) is 3.30. The lowest BCUT2D eigenvalue weighted by Crippen LogP contribution is -2.46. The maximum Gasteiger partial charge on any atom is 0.405 e. The van der Waals surface area contributed by atoms with Crippen LogP contribution in [0.1, 0.15) is 24.2 Å². The second kappa shape index (κ2) is 10.5. The number of halogens is 3. The lowest BCUT2D eigenvalue weighted by Gasteiger charge is -2.21. The smallest absolute Gasteiger partial charge is 0.405 e. The van der Waals surface area contributed by atoms with Crippen LogP contribution in [0.15, 0.2) is 18.2 Å². The fourth-order valence-corrected chi connectivity index (χ4v) is 2.14. The molecule has 0 bridgehead atoms. The number of methoxy groups -OCH3 is 2. The average molecular weight is 420 g/mol. The van der Waals surface area contributed by atoms with E-state index < -0.39 is 49.1 Å². The zero-order valence-electron chi connectivity index (χ0n) is 16.4. The average Bonchev–Trinajstić information content (AvgIpc) is 2.66. The van der Waals surface area contributed by atoms with Crippen LogP contribution in [0.2, 0.25) is 0 Å². The first-order valence-corrected chi connectivity index (χ1v) is 8.50. The molecule has 1 rings (SSSR count). The Hall–Kier alpha value is -2.98. The summed E-state index contributed by atoms with van der Waals surface area (Å²) in [5, 5.41) is 4.06. The fourth-order valence-electron chi connectivity index (χ4n) is 2.14. The van der Waals surface area contributed by atoms with E-state index in [4.69, 9.17) is 14.2 Å². The normalized spacial score (nSPS) is 12.1. The van der Waals surface area contributed by atoms with E-state index in [9.17, 15) is 27.6 Å². The third-order valence-corrected chi connectivity index (χ3v) is 3.65. The van der Waals surface area contributed by atoms with Crippen molar-refractivity contribution in [3.63, 3.8) is 0 Å². The number of amides is 2. The highest BCUT2D eigenvalue weighted by molar-refractivity contribution is 5.97. The molecule has 162 valence electrons. The van der Waals surface area contributed by atoms with Crippen molar-refractivity contribution in [3.05, 3.63) is 23.8 Å². The molecule has 0 spiro atoms. The summed E-state index contributed by atoms with van der Waals surface area (Å²) >= 11 is 0.